The highest BCUT2D eigenvalue weighted by Gasteiger charge is 2.32. The minimum Gasteiger partial charge on any atom is -0.378 e. The lowest BCUT2D eigenvalue weighted by Crippen LogP contribution is -2.48. The van der Waals surface area contributed by atoms with Gasteiger partial charge in [0.05, 0.1) is 58.9 Å². The number of anilines is 1. The second kappa shape index (κ2) is 10.9. The first-order chi connectivity index (χ1) is 19.3. The molecule has 206 valence electrons. The van der Waals surface area contributed by atoms with E-state index in [1.165, 1.54) is 18.5 Å². The van der Waals surface area contributed by atoms with Crippen LogP contribution in [0.15, 0.2) is 66.0 Å². The highest BCUT2D eigenvalue weighted by Crippen LogP contribution is 2.24. The maximum Gasteiger partial charge on any atom is 0.253 e. The van der Waals surface area contributed by atoms with Crippen molar-refractivity contribution < 1.29 is 17.9 Å². The van der Waals surface area contributed by atoms with Gasteiger partial charge in [0.25, 0.3) is 5.91 Å². The average molecular weight is 560 g/mol. The molecule has 1 amide bonds. The van der Waals surface area contributed by atoms with Crippen LogP contribution < -0.4 is 10.6 Å². The molecule has 2 aliphatic heterocycles. The smallest absolute Gasteiger partial charge is 0.253 e. The fourth-order valence-corrected chi connectivity index (χ4v) is 5.45. The highest BCUT2D eigenvalue weighted by atomic mass is 32.2. The summed E-state index contributed by atoms with van der Waals surface area (Å²) in [6.07, 6.45) is 6.40. The van der Waals surface area contributed by atoms with Gasteiger partial charge in [0.15, 0.2) is 9.84 Å². The number of nitrogens with zero attached hydrogens (tertiary/aromatic N) is 5. The molecule has 0 unspecified atom stereocenters. The van der Waals surface area contributed by atoms with E-state index in [-0.39, 0.29) is 17.0 Å². The molecule has 2 N–H and O–H groups in total. The van der Waals surface area contributed by atoms with Crippen molar-refractivity contribution >= 4 is 32.5 Å². The Morgan fingerprint density at radius 2 is 1.93 bits per heavy atom. The van der Waals surface area contributed by atoms with Crippen molar-refractivity contribution in [1.29, 1.82) is 0 Å². The molecular formula is C28H29N7O4S. The zero-order chi connectivity index (χ0) is 27.7. The van der Waals surface area contributed by atoms with Crippen LogP contribution in [0.2, 0.25) is 0 Å². The van der Waals surface area contributed by atoms with Gasteiger partial charge < -0.3 is 15.4 Å². The van der Waals surface area contributed by atoms with E-state index in [0.29, 0.717) is 17.8 Å². The summed E-state index contributed by atoms with van der Waals surface area (Å²) in [5.74, 6) is 0.380. The topological polar surface area (TPSA) is 139 Å². The van der Waals surface area contributed by atoms with E-state index in [2.05, 4.69) is 25.5 Å². The predicted molar refractivity (Wildman–Crippen MR) is 149 cm³/mol. The predicted octanol–water partition coefficient (Wildman–Crippen LogP) is 2.31. The lowest BCUT2D eigenvalue weighted by molar-refractivity contribution is -0.0571. The zero-order valence-corrected chi connectivity index (χ0v) is 22.8. The number of likely N-dealkylation sites (tertiary alicyclic amines) is 1. The van der Waals surface area contributed by atoms with Crippen LogP contribution in [0.1, 0.15) is 22.5 Å². The third-order valence-electron chi connectivity index (χ3n) is 7.18. The molecule has 2 fully saturated rings. The molecule has 0 aliphatic carbocycles. The van der Waals surface area contributed by atoms with Gasteiger partial charge in [0.2, 0.25) is 0 Å². The molecule has 0 saturated carbocycles. The lowest BCUT2D eigenvalue weighted by Gasteiger charge is -2.34. The summed E-state index contributed by atoms with van der Waals surface area (Å²) < 4.78 is 28.9. The van der Waals surface area contributed by atoms with Gasteiger partial charge in [-0.3, -0.25) is 19.7 Å². The summed E-state index contributed by atoms with van der Waals surface area (Å²) in [4.78, 5) is 33.0. The Morgan fingerprint density at radius 1 is 1.07 bits per heavy atom. The first kappa shape index (κ1) is 26.2. The summed E-state index contributed by atoms with van der Waals surface area (Å²) in [6.45, 7) is 3.86. The number of sulfone groups is 1. The van der Waals surface area contributed by atoms with Crippen LogP contribution in [0, 0.1) is 0 Å². The number of hydrogen-bond acceptors (Lipinski definition) is 10. The third-order valence-corrected chi connectivity index (χ3v) is 8.26. The molecule has 0 radical (unpaired) electrons. The summed E-state index contributed by atoms with van der Waals surface area (Å²) in [6, 6.07) is 13.8. The maximum absolute atomic E-state index is 12.6. The number of nitrogens with one attached hydrogen (secondary N) is 2. The highest BCUT2D eigenvalue weighted by molar-refractivity contribution is 7.90. The number of fused-ring (bicyclic) bond motifs is 1. The van der Waals surface area contributed by atoms with E-state index < -0.39 is 15.7 Å². The quantitative estimate of drug-likeness (QED) is 0.331. The summed E-state index contributed by atoms with van der Waals surface area (Å²) in [5, 5.41) is 7.21. The van der Waals surface area contributed by atoms with Gasteiger partial charge >= 0.3 is 0 Å². The van der Waals surface area contributed by atoms with Gasteiger partial charge in [0.1, 0.15) is 5.82 Å². The Morgan fingerprint density at radius 3 is 2.73 bits per heavy atom. The average Bonchev–Trinajstić information content (AvgIpc) is 3.37. The molecule has 1 atom stereocenters. The molecule has 2 aliphatic rings. The number of ether oxygens (including phenoxy) is 1. The Balaban J connectivity index is 1.14. The van der Waals surface area contributed by atoms with Crippen molar-refractivity contribution in [2.75, 3.05) is 37.9 Å². The number of aromatic nitrogens is 4. The maximum atomic E-state index is 12.6. The molecule has 4 aromatic heterocycles. The molecule has 0 bridgehead atoms. The van der Waals surface area contributed by atoms with Gasteiger partial charge in [-0.15, -0.1) is 0 Å². The van der Waals surface area contributed by atoms with Gasteiger partial charge in [0, 0.05) is 49.4 Å². The van der Waals surface area contributed by atoms with E-state index in [4.69, 9.17) is 14.7 Å². The minimum absolute atomic E-state index is 0.0115. The van der Waals surface area contributed by atoms with Crippen molar-refractivity contribution in [3.63, 3.8) is 0 Å². The molecule has 0 aromatic carbocycles. The van der Waals surface area contributed by atoms with Crippen LogP contribution in [0.5, 0.6) is 0 Å². The van der Waals surface area contributed by atoms with E-state index in [0.717, 1.165) is 67.1 Å². The van der Waals surface area contributed by atoms with Crippen LogP contribution in [0.3, 0.4) is 0 Å². The lowest BCUT2D eigenvalue weighted by atomic mass is 10.2. The van der Waals surface area contributed by atoms with E-state index >= 15 is 0 Å². The van der Waals surface area contributed by atoms with E-state index in [1.54, 1.807) is 6.20 Å². The van der Waals surface area contributed by atoms with Gasteiger partial charge in [-0.05, 0) is 42.8 Å². The molecule has 6 rings (SSSR count). The van der Waals surface area contributed by atoms with Crippen LogP contribution >= 0.6 is 0 Å². The van der Waals surface area contributed by atoms with Crippen LogP contribution in [0.25, 0.3) is 22.3 Å². The number of hydrogen-bond donors (Lipinski definition) is 2. The fraction of sp³-hybridized carbons (Fsp3) is 0.321. The van der Waals surface area contributed by atoms with Crippen LogP contribution in [-0.2, 0) is 21.1 Å². The summed E-state index contributed by atoms with van der Waals surface area (Å²) in [7, 11) is -3.47. The van der Waals surface area contributed by atoms with Crippen molar-refractivity contribution in [2.45, 2.75) is 29.9 Å². The SMILES string of the molecule is CS(=O)(=O)c1cncc(C(=O)NCc2cc3nc(-c4cccc(N[C@@H]5CCN(C6COC6)C5)n4)ccc3cn2)c1. The van der Waals surface area contributed by atoms with Crippen molar-refractivity contribution in [3.05, 3.63) is 72.3 Å². The van der Waals surface area contributed by atoms with Gasteiger partial charge in [-0.2, -0.15) is 0 Å². The molecule has 11 nitrogen and oxygen atoms in total. The van der Waals surface area contributed by atoms with E-state index in [1.807, 2.05) is 36.4 Å². The van der Waals surface area contributed by atoms with Gasteiger partial charge in [-0.1, -0.05) is 6.07 Å². The Bertz CT molecular complexity index is 1680. The zero-order valence-electron chi connectivity index (χ0n) is 21.9. The molecule has 2 saturated heterocycles. The molecule has 4 aromatic rings. The monoisotopic (exact) mass is 559 g/mol. The standard InChI is InChI=1S/C28H29N7O4S/c1-40(37,38)23-9-19(11-29-14-23)28(36)31-13-21-10-26-18(12-30-21)5-6-25(33-26)24-3-2-4-27(34-24)32-20-7-8-35(15-20)22-16-39-17-22/h2-6,9-12,14,20,22H,7-8,13,15-17H2,1H3,(H,31,36)(H,32,34)/t20-/m1/s1. The summed E-state index contributed by atoms with van der Waals surface area (Å²) >= 11 is 0. The molecular weight excluding hydrogens is 530 g/mol. The normalized spacial score (nSPS) is 18.0. The first-order valence-electron chi connectivity index (χ1n) is 13.1. The first-order valence-corrected chi connectivity index (χ1v) is 15.0. The number of amides is 1. The fourth-order valence-electron chi connectivity index (χ4n) is 4.85. The summed E-state index contributed by atoms with van der Waals surface area (Å²) in [5.41, 5.74) is 3.00. The largest absolute Gasteiger partial charge is 0.378 e. The molecule has 0 spiro atoms. The molecule has 12 heteroatoms. The van der Waals surface area contributed by atoms with E-state index in [9.17, 15) is 13.2 Å². The molecule has 40 heavy (non-hydrogen) atoms. The number of carbonyl (C=O) groups excluding carboxylic acids is 1. The van der Waals surface area contributed by atoms with Crippen molar-refractivity contribution in [3.8, 4) is 11.4 Å². The number of rotatable bonds is 8. The Hall–Kier alpha value is -4.00. The van der Waals surface area contributed by atoms with Crippen molar-refractivity contribution in [2.24, 2.45) is 0 Å². The molecule has 6 heterocycles. The minimum atomic E-state index is -3.47. The third kappa shape index (κ3) is 5.79. The Labute approximate surface area is 232 Å². The van der Waals surface area contributed by atoms with Gasteiger partial charge in [-0.25, -0.2) is 18.4 Å². The number of pyridine rings is 4. The van der Waals surface area contributed by atoms with Crippen LogP contribution in [-0.4, -0.2) is 83.8 Å². The Kier molecular flexibility index (Phi) is 7.13. The van der Waals surface area contributed by atoms with Crippen molar-refractivity contribution in [1.82, 2.24) is 30.2 Å². The van der Waals surface area contributed by atoms with Crippen LogP contribution in [0.4, 0.5) is 5.82 Å². The second-order valence-corrected chi connectivity index (χ2v) is 12.2. The second-order valence-electron chi connectivity index (χ2n) is 10.2. The number of carbonyl (C=O) groups is 1.